The Bertz CT molecular complexity index is 481. The summed E-state index contributed by atoms with van der Waals surface area (Å²) in [5, 5.41) is 22.7. The average Bonchev–Trinajstić information content (AvgIpc) is 2.38. The van der Waals surface area contributed by atoms with Gasteiger partial charge in [0.1, 0.15) is 6.07 Å². The molecule has 0 unspecified atom stereocenters. The van der Waals surface area contributed by atoms with Gasteiger partial charge in [0.2, 0.25) is 0 Å². The quantitative estimate of drug-likeness (QED) is 0.862. The zero-order chi connectivity index (χ0) is 13.1. The fourth-order valence-electron chi connectivity index (χ4n) is 2.41. The number of nitrogens with one attached hydrogen (secondary N) is 1. The van der Waals surface area contributed by atoms with Crippen LogP contribution in [0.15, 0.2) is 12.1 Å². The molecule has 1 aromatic carbocycles. The van der Waals surface area contributed by atoms with E-state index >= 15 is 0 Å². The Balaban J connectivity index is 2.19. The smallest absolute Gasteiger partial charge is 0.101 e. The highest BCUT2D eigenvalue weighted by atomic mass is 35.5. The van der Waals surface area contributed by atoms with Crippen LogP contribution in [0.3, 0.4) is 0 Å². The maximum absolute atomic E-state index is 9.94. The molecule has 1 aromatic rings. The lowest BCUT2D eigenvalue weighted by molar-refractivity contribution is 0.116. The van der Waals surface area contributed by atoms with E-state index in [9.17, 15) is 5.11 Å². The summed E-state index contributed by atoms with van der Waals surface area (Å²) in [5.41, 5.74) is 2.27. The summed E-state index contributed by atoms with van der Waals surface area (Å²) in [5.74, 6) is 0. The normalized spacial score (nSPS) is 23.4. The van der Waals surface area contributed by atoms with Crippen molar-refractivity contribution >= 4 is 17.3 Å². The van der Waals surface area contributed by atoms with Gasteiger partial charge in [-0.05, 0) is 37.5 Å². The topological polar surface area (TPSA) is 56.0 Å². The van der Waals surface area contributed by atoms with Crippen LogP contribution in [-0.4, -0.2) is 17.3 Å². The van der Waals surface area contributed by atoms with E-state index in [1.165, 1.54) is 0 Å². The lowest BCUT2D eigenvalue weighted by atomic mass is 9.92. The van der Waals surface area contributed by atoms with E-state index in [4.69, 9.17) is 16.9 Å². The Morgan fingerprint density at radius 1 is 1.39 bits per heavy atom. The van der Waals surface area contributed by atoms with Crippen molar-refractivity contribution in [3.8, 4) is 6.07 Å². The van der Waals surface area contributed by atoms with Gasteiger partial charge < -0.3 is 10.4 Å². The predicted molar refractivity (Wildman–Crippen MR) is 72.8 cm³/mol. The fraction of sp³-hybridized carbons (Fsp3) is 0.500. The molecule has 1 aliphatic carbocycles. The largest absolute Gasteiger partial charge is 0.391 e. The molecular weight excluding hydrogens is 248 g/mol. The minimum atomic E-state index is -0.299. The van der Waals surface area contributed by atoms with Gasteiger partial charge in [-0.15, -0.1) is 0 Å². The van der Waals surface area contributed by atoms with Gasteiger partial charge in [-0.1, -0.05) is 24.4 Å². The molecular formula is C14H17ClN2O. The number of aliphatic hydroxyl groups is 1. The SMILES string of the molecule is Cc1c(N[C@H]2CCCC[C@H]2O)ccc(C#N)c1Cl. The summed E-state index contributed by atoms with van der Waals surface area (Å²) >= 11 is 6.13. The van der Waals surface area contributed by atoms with Gasteiger partial charge in [-0.25, -0.2) is 0 Å². The number of anilines is 1. The molecule has 96 valence electrons. The number of aliphatic hydroxyl groups excluding tert-OH is 1. The van der Waals surface area contributed by atoms with Crippen molar-refractivity contribution in [2.75, 3.05) is 5.32 Å². The summed E-state index contributed by atoms with van der Waals surface area (Å²) in [6, 6.07) is 5.73. The minimum absolute atomic E-state index is 0.0847. The molecule has 0 radical (unpaired) electrons. The summed E-state index contributed by atoms with van der Waals surface area (Å²) in [6.07, 6.45) is 3.75. The molecule has 0 bridgehead atoms. The highest BCUT2D eigenvalue weighted by Crippen LogP contribution is 2.29. The molecule has 3 nitrogen and oxygen atoms in total. The van der Waals surface area contributed by atoms with Crippen molar-refractivity contribution in [2.24, 2.45) is 0 Å². The second-order valence-corrected chi connectivity index (χ2v) is 5.19. The second-order valence-electron chi connectivity index (χ2n) is 4.81. The molecule has 1 fully saturated rings. The first kappa shape index (κ1) is 13.2. The minimum Gasteiger partial charge on any atom is -0.391 e. The van der Waals surface area contributed by atoms with Gasteiger partial charge in [-0.2, -0.15) is 5.26 Å². The van der Waals surface area contributed by atoms with Crippen molar-refractivity contribution < 1.29 is 5.11 Å². The summed E-state index contributed by atoms with van der Waals surface area (Å²) in [6.45, 7) is 1.89. The van der Waals surface area contributed by atoms with E-state index < -0.39 is 0 Å². The second kappa shape index (κ2) is 5.60. The van der Waals surface area contributed by atoms with Gasteiger partial charge in [0.15, 0.2) is 0 Å². The predicted octanol–water partition coefficient (Wildman–Crippen LogP) is 3.24. The highest BCUT2D eigenvalue weighted by Gasteiger charge is 2.23. The zero-order valence-electron chi connectivity index (χ0n) is 10.4. The molecule has 0 aromatic heterocycles. The van der Waals surface area contributed by atoms with Crippen molar-refractivity contribution in [3.05, 3.63) is 28.3 Å². The third-order valence-electron chi connectivity index (χ3n) is 3.58. The Morgan fingerprint density at radius 3 is 2.78 bits per heavy atom. The number of hydrogen-bond acceptors (Lipinski definition) is 3. The summed E-state index contributed by atoms with van der Waals surface area (Å²) in [4.78, 5) is 0. The van der Waals surface area contributed by atoms with Crippen LogP contribution < -0.4 is 5.32 Å². The van der Waals surface area contributed by atoms with Crippen molar-refractivity contribution in [3.63, 3.8) is 0 Å². The first-order valence-corrected chi connectivity index (χ1v) is 6.65. The molecule has 2 rings (SSSR count). The maximum atomic E-state index is 9.94. The van der Waals surface area contributed by atoms with Crippen LogP contribution in [-0.2, 0) is 0 Å². The lowest BCUT2D eigenvalue weighted by Crippen LogP contribution is -2.36. The van der Waals surface area contributed by atoms with E-state index in [1.54, 1.807) is 6.07 Å². The Morgan fingerprint density at radius 2 is 2.11 bits per heavy atom. The van der Waals surface area contributed by atoms with Gasteiger partial charge >= 0.3 is 0 Å². The van der Waals surface area contributed by atoms with Gasteiger partial charge in [0.25, 0.3) is 0 Å². The highest BCUT2D eigenvalue weighted by molar-refractivity contribution is 6.32. The number of halogens is 1. The van der Waals surface area contributed by atoms with Crippen LogP contribution in [0.25, 0.3) is 0 Å². The maximum Gasteiger partial charge on any atom is 0.101 e. The molecule has 0 amide bonds. The first-order chi connectivity index (χ1) is 8.63. The molecule has 0 saturated heterocycles. The van der Waals surface area contributed by atoms with Crippen LogP contribution in [0.1, 0.15) is 36.8 Å². The number of hydrogen-bond donors (Lipinski definition) is 2. The van der Waals surface area contributed by atoms with E-state index in [2.05, 4.69) is 11.4 Å². The Hall–Kier alpha value is -1.24. The zero-order valence-corrected chi connectivity index (χ0v) is 11.2. The lowest BCUT2D eigenvalue weighted by Gasteiger charge is -2.30. The van der Waals surface area contributed by atoms with E-state index in [-0.39, 0.29) is 12.1 Å². The standard InChI is InChI=1S/C14H17ClN2O/c1-9-11(7-6-10(8-16)14(9)15)17-12-4-2-3-5-13(12)18/h6-7,12-13,17-18H,2-5H2,1H3/t12-,13+/m0/s1. The van der Waals surface area contributed by atoms with Crippen LogP contribution >= 0.6 is 11.6 Å². The monoisotopic (exact) mass is 264 g/mol. The third-order valence-corrected chi connectivity index (χ3v) is 4.06. The molecule has 2 N–H and O–H groups in total. The average molecular weight is 265 g/mol. The number of rotatable bonds is 2. The van der Waals surface area contributed by atoms with Crippen molar-refractivity contribution in [2.45, 2.75) is 44.8 Å². The molecule has 18 heavy (non-hydrogen) atoms. The molecule has 0 heterocycles. The number of nitriles is 1. The Kier molecular flexibility index (Phi) is 4.11. The van der Waals surface area contributed by atoms with Crippen molar-refractivity contribution in [1.82, 2.24) is 0 Å². The molecule has 0 aliphatic heterocycles. The fourth-order valence-corrected chi connectivity index (χ4v) is 2.61. The van der Waals surface area contributed by atoms with Gasteiger partial charge in [-0.3, -0.25) is 0 Å². The number of nitrogens with zero attached hydrogens (tertiary/aromatic N) is 1. The van der Waals surface area contributed by atoms with Crippen LogP contribution in [0, 0.1) is 18.3 Å². The molecule has 0 spiro atoms. The van der Waals surface area contributed by atoms with Crippen molar-refractivity contribution in [1.29, 1.82) is 5.26 Å². The number of benzene rings is 1. The Labute approximate surface area is 112 Å². The van der Waals surface area contributed by atoms with E-state index in [0.29, 0.717) is 10.6 Å². The van der Waals surface area contributed by atoms with Crippen LogP contribution in [0.5, 0.6) is 0 Å². The third kappa shape index (κ3) is 2.60. The first-order valence-electron chi connectivity index (χ1n) is 6.27. The van der Waals surface area contributed by atoms with E-state index in [0.717, 1.165) is 36.9 Å². The summed E-state index contributed by atoms with van der Waals surface area (Å²) < 4.78 is 0. The molecule has 2 atom stereocenters. The van der Waals surface area contributed by atoms with Crippen LogP contribution in [0.4, 0.5) is 5.69 Å². The molecule has 1 saturated carbocycles. The molecule has 1 aliphatic rings. The summed E-state index contributed by atoms with van der Waals surface area (Å²) in [7, 11) is 0. The van der Waals surface area contributed by atoms with E-state index in [1.807, 2.05) is 13.0 Å². The van der Waals surface area contributed by atoms with Crippen LogP contribution in [0.2, 0.25) is 5.02 Å². The van der Waals surface area contributed by atoms with Gasteiger partial charge in [0.05, 0.1) is 22.7 Å². The van der Waals surface area contributed by atoms with Gasteiger partial charge in [0, 0.05) is 5.69 Å². The molecule has 4 heteroatoms.